The average Bonchev–Trinajstić information content (AvgIpc) is 2.46. The molecule has 0 atom stereocenters. The Labute approximate surface area is 111 Å². The summed E-state index contributed by atoms with van der Waals surface area (Å²) in [5.74, 6) is -0.614. The van der Waals surface area contributed by atoms with Crippen molar-refractivity contribution in [3.05, 3.63) is 65.2 Å². The van der Waals surface area contributed by atoms with E-state index in [0.717, 1.165) is 17.5 Å². The van der Waals surface area contributed by atoms with Gasteiger partial charge in [0.2, 0.25) is 0 Å². The van der Waals surface area contributed by atoms with E-state index in [0.29, 0.717) is 12.0 Å². The molecule has 0 spiro atoms. The molecule has 4 heteroatoms. The van der Waals surface area contributed by atoms with Crippen LogP contribution in [-0.4, -0.2) is 18.1 Å². The Balaban J connectivity index is 2.11. The van der Waals surface area contributed by atoms with Gasteiger partial charge in [-0.2, -0.15) is 0 Å². The lowest BCUT2D eigenvalue weighted by Crippen LogP contribution is -2.07. The summed E-state index contributed by atoms with van der Waals surface area (Å²) >= 11 is 0. The summed E-state index contributed by atoms with van der Waals surface area (Å²) < 4.78 is 17.5. The Kier molecular flexibility index (Phi) is 4.23. The van der Waals surface area contributed by atoms with Gasteiger partial charge in [0.05, 0.1) is 12.7 Å². The van der Waals surface area contributed by atoms with E-state index in [9.17, 15) is 9.18 Å². The topological polar surface area (TPSA) is 39.2 Å². The van der Waals surface area contributed by atoms with E-state index in [4.69, 9.17) is 4.74 Å². The maximum Gasteiger partial charge on any atom is 0.338 e. The van der Waals surface area contributed by atoms with Gasteiger partial charge in [-0.25, -0.2) is 9.18 Å². The summed E-state index contributed by atoms with van der Waals surface area (Å²) in [5.41, 5.74) is 2.37. The van der Waals surface area contributed by atoms with Crippen molar-refractivity contribution >= 4 is 5.97 Å². The van der Waals surface area contributed by atoms with Gasteiger partial charge in [-0.3, -0.25) is 4.98 Å². The Bertz CT molecular complexity index is 567. The number of nitrogens with zero attached hydrogens (tertiary/aromatic N) is 1. The second kappa shape index (κ2) is 6.09. The monoisotopic (exact) mass is 259 g/mol. The minimum Gasteiger partial charge on any atom is -0.465 e. The Morgan fingerprint density at radius 3 is 2.63 bits per heavy atom. The first-order chi connectivity index (χ1) is 9.20. The standard InChI is InChI=1S/C15H14FNO2/c1-19-15(18)14-8-9-17-10-12(14)5-2-11-3-6-13(16)7-4-11/h3-4,6-10H,2,5H2,1H3. The van der Waals surface area contributed by atoms with Crippen LogP contribution < -0.4 is 0 Å². The second-order valence-corrected chi connectivity index (χ2v) is 4.15. The van der Waals surface area contributed by atoms with Gasteiger partial charge in [0.1, 0.15) is 5.82 Å². The van der Waals surface area contributed by atoms with E-state index in [-0.39, 0.29) is 11.8 Å². The number of aryl methyl sites for hydroxylation is 2. The number of aromatic nitrogens is 1. The highest BCUT2D eigenvalue weighted by Gasteiger charge is 2.11. The molecule has 1 aromatic carbocycles. The molecule has 0 saturated heterocycles. The van der Waals surface area contributed by atoms with Crippen LogP contribution >= 0.6 is 0 Å². The van der Waals surface area contributed by atoms with Gasteiger partial charge in [0, 0.05) is 12.4 Å². The maximum atomic E-state index is 12.8. The van der Waals surface area contributed by atoms with Crippen molar-refractivity contribution in [1.82, 2.24) is 4.98 Å². The first-order valence-corrected chi connectivity index (χ1v) is 5.96. The third kappa shape index (κ3) is 3.37. The number of benzene rings is 1. The molecule has 0 bridgehead atoms. The van der Waals surface area contributed by atoms with Gasteiger partial charge >= 0.3 is 5.97 Å². The number of esters is 1. The normalized spacial score (nSPS) is 10.2. The predicted molar refractivity (Wildman–Crippen MR) is 69.4 cm³/mol. The molecule has 1 heterocycles. The van der Waals surface area contributed by atoms with Crippen LogP contribution in [0.2, 0.25) is 0 Å². The summed E-state index contributed by atoms with van der Waals surface area (Å²) in [7, 11) is 1.35. The van der Waals surface area contributed by atoms with Gasteiger partial charge < -0.3 is 4.74 Å². The Morgan fingerprint density at radius 2 is 1.95 bits per heavy atom. The van der Waals surface area contributed by atoms with E-state index in [2.05, 4.69) is 4.98 Å². The Hall–Kier alpha value is -2.23. The molecular weight excluding hydrogens is 245 g/mol. The maximum absolute atomic E-state index is 12.8. The van der Waals surface area contributed by atoms with Crippen LogP contribution in [0.3, 0.4) is 0 Å². The number of halogens is 1. The molecule has 0 saturated carbocycles. The van der Waals surface area contributed by atoms with Gasteiger partial charge in [-0.05, 0) is 42.2 Å². The van der Waals surface area contributed by atoms with Gasteiger partial charge in [-0.15, -0.1) is 0 Å². The number of carbonyl (C=O) groups excluding carboxylic acids is 1. The van der Waals surface area contributed by atoms with Gasteiger partial charge in [0.15, 0.2) is 0 Å². The van der Waals surface area contributed by atoms with Crippen LogP contribution in [0.15, 0.2) is 42.7 Å². The van der Waals surface area contributed by atoms with E-state index < -0.39 is 0 Å². The number of methoxy groups -OCH3 is 1. The fraction of sp³-hybridized carbons (Fsp3) is 0.200. The SMILES string of the molecule is COC(=O)c1ccncc1CCc1ccc(F)cc1. The fourth-order valence-corrected chi connectivity index (χ4v) is 1.87. The van der Waals surface area contributed by atoms with Crippen molar-refractivity contribution in [1.29, 1.82) is 0 Å². The van der Waals surface area contributed by atoms with E-state index in [1.165, 1.54) is 19.2 Å². The molecule has 2 aromatic rings. The quantitative estimate of drug-likeness (QED) is 0.792. The number of hydrogen-bond donors (Lipinski definition) is 0. The molecule has 0 N–H and O–H groups in total. The summed E-state index contributed by atoms with van der Waals surface area (Å²) in [5, 5.41) is 0. The summed E-state index contributed by atoms with van der Waals surface area (Å²) in [6.45, 7) is 0. The van der Waals surface area contributed by atoms with Crippen LogP contribution in [-0.2, 0) is 17.6 Å². The zero-order valence-electron chi connectivity index (χ0n) is 10.6. The summed E-state index contributed by atoms with van der Waals surface area (Å²) in [6, 6.07) is 7.98. The van der Waals surface area contributed by atoms with Crippen molar-refractivity contribution in [2.24, 2.45) is 0 Å². The third-order valence-electron chi connectivity index (χ3n) is 2.91. The molecule has 2 rings (SSSR count). The lowest BCUT2D eigenvalue weighted by molar-refractivity contribution is 0.0599. The molecule has 19 heavy (non-hydrogen) atoms. The molecule has 0 fully saturated rings. The van der Waals surface area contributed by atoms with Crippen LogP contribution in [0.1, 0.15) is 21.5 Å². The molecule has 98 valence electrons. The number of carbonyl (C=O) groups is 1. The lowest BCUT2D eigenvalue weighted by Gasteiger charge is -2.07. The second-order valence-electron chi connectivity index (χ2n) is 4.15. The molecule has 0 unspecified atom stereocenters. The first kappa shape index (κ1) is 13.2. The molecule has 0 radical (unpaired) electrons. The van der Waals surface area contributed by atoms with Crippen LogP contribution in [0.5, 0.6) is 0 Å². The largest absolute Gasteiger partial charge is 0.465 e. The highest BCUT2D eigenvalue weighted by atomic mass is 19.1. The number of hydrogen-bond acceptors (Lipinski definition) is 3. The van der Waals surface area contributed by atoms with Crippen LogP contribution in [0.4, 0.5) is 4.39 Å². The number of ether oxygens (including phenoxy) is 1. The van der Waals surface area contributed by atoms with Crippen molar-refractivity contribution < 1.29 is 13.9 Å². The molecule has 0 amide bonds. The average molecular weight is 259 g/mol. The zero-order chi connectivity index (χ0) is 13.7. The third-order valence-corrected chi connectivity index (χ3v) is 2.91. The van der Waals surface area contributed by atoms with Gasteiger partial charge in [-0.1, -0.05) is 12.1 Å². The van der Waals surface area contributed by atoms with E-state index >= 15 is 0 Å². The fourth-order valence-electron chi connectivity index (χ4n) is 1.87. The lowest BCUT2D eigenvalue weighted by atomic mass is 10.0. The zero-order valence-corrected chi connectivity index (χ0v) is 10.6. The van der Waals surface area contributed by atoms with E-state index in [1.807, 2.05) is 0 Å². The first-order valence-electron chi connectivity index (χ1n) is 5.96. The van der Waals surface area contributed by atoms with Crippen molar-refractivity contribution in [3.8, 4) is 0 Å². The predicted octanol–water partition coefficient (Wildman–Crippen LogP) is 2.79. The molecule has 0 aliphatic rings. The summed E-state index contributed by atoms with van der Waals surface area (Å²) in [4.78, 5) is 15.6. The minimum atomic E-state index is -0.364. The highest BCUT2D eigenvalue weighted by molar-refractivity contribution is 5.90. The minimum absolute atomic E-state index is 0.250. The molecular formula is C15H14FNO2. The molecule has 3 nitrogen and oxygen atoms in total. The molecule has 0 aliphatic heterocycles. The van der Waals surface area contributed by atoms with Crippen molar-refractivity contribution in [2.75, 3.05) is 7.11 Å². The van der Waals surface area contributed by atoms with E-state index in [1.54, 1.807) is 30.6 Å². The van der Waals surface area contributed by atoms with Crippen LogP contribution in [0, 0.1) is 5.82 Å². The van der Waals surface area contributed by atoms with Crippen molar-refractivity contribution in [2.45, 2.75) is 12.8 Å². The number of pyridine rings is 1. The smallest absolute Gasteiger partial charge is 0.338 e. The number of rotatable bonds is 4. The summed E-state index contributed by atoms with van der Waals surface area (Å²) in [6.07, 6.45) is 4.60. The highest BCUT2D eigenvalue weighted by Crippen LogP contribution is 2.13. The molecule has 1 aromatic heterocycles. The van der Waals surface area contributed by atoms with Crippen LogP contribution in [0.25, 0.3) is 0 Å². The Morgan fingerprint density at radius 1 is 1.21 bits per heavy atom. The molecule has 0 aliphatic carbocycles. The van der Waals surface area contributed by atoms with Gasteiger partial charge in [0.25, 0.3) is 0 Å². The van der Waals surface area contributed by atoms with Crippen molar-refractivity contribution in [3.63, 3.8) is 0 Å².